The number of ketones is 1. The summed E-state index contributed by atoms with van der Waals surface area (Å²) >= 11 is 0. The normalized spacial score (nSPS) is 21.7. The molecule has 0 saturated carbocycles. The van der Waals surface area contributed by atoms with Gasteiger partial charge < -0.3 is 9.47 Å². The van der Waals surface area contributed by atoms with Crippen LogP contribution in [-0.4, -0.2) is 34.9 Å². The predicted octanol–water partition coefficient (Wildman–Crippen LogP) is 0.759. The number of hydrogen-bond donors (Lipinski definition) is 0. The molecule has 0 N–H and O–H groups in total. The summed E-state index contributed by atoms with van der Waals surface area (Å²) < 4.78 is 1.71. The van der Waals surface area contributed by atoms with E-state index >= 15 is 0 Å². The molecule has 1 saturated heterocycles. The number of aromatic nitrogens is 1. The van der Waals surface area contributed by atoms with Gasteiger partial charge in [-0.2, -0.15) is 0 Å². The molecule has 0 bridgehead atoms. The third-order valence-corrected chi connectivity index (χ3v) is 3.31. The summed E-state index contributed by atoms with van der Waals surface area (Å²) in [5, 5.41) is 0. The fourth-order valence-electron chi connectivity index (χ4n) is 2.19. The Hall–Kier alpha value is -1.42. The molecule has 1 aromatic heterocycles. The van der Waals surface area contributed by atoms with Crippen molar-refractivity contribution in [1.82, 2.24) is 9.47 Å². The molecule has 1 aliphatic heterocycles. The van der Waals surface area contributed by atoms with Crippen molar-refractivity contribution in [2.75, 3.05) is 19.6 Å². The number of Topliss-reactive ketones (excluding diaryl/α,β-unsaturated/α-hetero) is 1. The van der Waals surface area contributed by atoms with Gasteiger partial charge in [-0.05, 0) is 6.07 Å². The van der Waals surface area contributed by atoms with Crippen molar-refractivity contribution < 1.29 is 4.79 Å². The Morgan fingerprint density at radius 2 is 2.12 bits per heavy atom. The van der Waals surface area contributed by atoms with E-state index in [4.69, 9.17) is 0 Å². The Morgan fingerprint density at radius 1 is 1.29 bits per heavy atom. The van der Waals surface area contributed by atoms with Crippen molar-refractivity contribution >= 4 is 5.78 Å². The first kappa shape index (κ1) is 12.0. The standard InChI is InChI=1S/C13H18N2O2/c1-11-10-14(7-5-12(11)16)8-9-15-6-3-2-4-13(15)17/h2-4,6,11H,5,7-10H2,1H3. The molecule has 1 fully saturated rings. The maximum atomic E-state index is 11.5. The van der Waals surface area contributed by atoms with Gasteiger partial charge in [0.25, 0.3) is 5.56 Å². The molecule has 17 heavy (non-hydrogen) atoms. The van der Waals surface area contributed by atoms with E-state index in [1.54, 1.807) is 22.9 Å². The molecule has 2 heterocycles. The maximum Gasteiger partial charge on any atom is 0.250 e. The van der Waals surface area contributed by atoms with Crippen molar-refractivity contribution in [2.45, 2.75) is 19.9 Å². The highest BCUT2D eigenvalue weighted by Gasteiger charge is 2.22. The molecule has 1 unspecified atom stereocenters. The van der Waals surface area contributed by atoms with Crippen LogP contribution in [0.15, 0.2) is 29.2 Å². The maximum absolute atomic E-state index is 11.5. The summed E-state index contributed by atoms with van der Waals surface area (Å²) in [4.78, 5) is 25.1. The van der Waals surface area contributed by atoms with Crippen LogP contribution in [0.1, 0.15) is 13.3 Å². The quantitative estimate of drug-likeness (QED) is 0.775. The molecule has 1 aliphatic rings. The third kappa shape index (κ3) is 3.03. The zero-order valence-electron chi connectivity index (χ0n) is 10.1. The number of likely N-dealkylation sites (tertiary alicyclic amines) is 1. The van der Waals surface area contributed by atoms with E-state index in [1.807, 2.05) is 13.0 Å². The fraction of sp³-hybridized carbons (Fsp3) is 0.538. The number of rotatable bonds is 3. The lowest BCUT2D eigenvalue weighted by Gasteiger charge is -2.29. The largest absolute Gasteiger partial charge is 0.314 e. The van der Waals surface area contributed by atoms with Crippen molar-refractivity contribution in [2.24, 2.45) is 5.92 Å². The van der Waals surface area contributed by atoms with Gasteiger partial charge in [0.2, 0.25) is 0 Å². The van der Waals surface area contributed by atoms with Crippen molar-refractivity contribution in [3.63, 3.8) is 0 Å². The SMILES string of the molecule is CC1CN(CCn2ccccc2=O)CCC1=O. The van der Waals surface area contributed by atoms with Crippen molar-refractivity contribution in [1.29, 1.82) is 0 Å². The van der Waals surface area contributed by atoms with E-state index in [2.05, 4.69) is 4.90 Å². The van der Waals surface area contributed by atoms with Crippen LogP contribution in [0.2, 0.25) is 0 Å². The molecule has 0 amide bonds. The Labute approximate surface area is 101 Å². The summed E-state index contributed by atoms with van der Waals surface area (Å²) in [6.45, 7) is 5.15. The van der Waals surface area contributed by atoms with E-state index in [0.717, 1.165) is 19.6 Å². The van der Waals surface area contributed by atoms with Crippen LogP contribution in [0.3, 0.4) is 0 Å². The van der Waals surface area contributed by atoms with Crippen LogP contribution >= 0.6 is 0 Å². The van der Waals surface area contributed by atoms with Crippen LogP contribution < -0.4 is 5.56 Å². The number of hydrogen-bond acceptors (Lipinski definition) is 3. The topological polar surface area (TPSA) is 42.3 Å². The number of piperidine rings is 1. The molecular formula is C13H18N2O2. The number of pyridine rings is 1. The first-order valence-electron chi connectivity index (χ1n) is 6.07. The van der Waals surface area contributed by atoms with Crippen LogP contribution in [0.5, 0.6) is 0 Å². The van der Waals surface area contributed by atoms with Crippen LogP contribution in [-0.2, 0) is 11.3 Å². The molecule has 1 aromatic rings. The fourth-order valence-corrected chi connectivity index (χ4v) is 2.19. The molecule has 4 nitrogen and oxygen atoms in total. The highest BCUT2D eigenvalue weighted by atomic mass is 16.1. The van der Waals surface area contributed by atoms with Crippen LogP contribution in [0, 0.1) is 5.92 Å². The zero-order chi connectivity index (χ0) is 12.3. The summed E-state index contributed by atoms with van der Waals surface area (Å²) in [5.74, 6) is 0.495. The molecule has 92 valence electrons. The molecule has 0 aromatic carbocycles. The van der Waals surface area contributed by atoms with Gasteiger partial charge in [0.15, 0.2) is 0 Å². The second-order valence-corrected chi connectivity index (χ2v) is 4.65. The Bertz CT molecular complexity index is 453. The molecule has 0 aliphatic carbocycles. The summed E-state index contributed by atoms with van der Waals surface area (Å²) in [6.07, 6.45) is 2.45. The molecular weight excluding hydrogens is 216 g/mol. The molecule has 4 heteroatoms. The van der Waals surface area contributed by atoms with Gasteiger partial charge in [0.1, 0.15) is 5.78 Å². The minimum absolute atomic E-state index is 0.0358. The van der Waals surface area contributed by atoms with Gasteiger partial charge in [-0.25, -0.2) is 0 Å². The van der Waals surface area contributed by atoms with Gasteiger partial charge in [0.05, 0.1) is 0 Å². The summed E-state index contributed by atoms with van der Waals surface area (Å²) in [6, 6.07) is 5.19. The number of carbonyl (C=O) groups is 1. The Balaban J connectivity index is 1.89. The first-order valence-corrected chi connectivity index (χ1v) is 6.07. The zero-order valence-corrected chi connectivity index (χ0v) is 10.1. The van der Waals surface area contributed by atoms with E-state index in [0.29, 0.717) is 18.7 Å². The molecule has 0 radical (unpaired) electrons. The third-order valence-electron chi connectivity index (χ3n) is 3.31. The molecule has 2 rings (SSSR count). The van der Waals surface area contributed by atoms with Crippen molar-refractivity contribution in [3.05, 3.63) is 34.7 Å². The minimum Gasteiger partial charge on any atom is -0.314 e. The Morgan fingerprint density at radius 3 is 2.82 bits per heavy atom. The number of nitrogens with zero attached hydrogens (tertiary/aromatic N) is 2. The van der Waals surface area contributed by atoms with Crippen LogP contribution in [0.4, 0.5) is 0 Å². The summed E-state index contributed by atoms with van der Waals surface area (Å²) in [7, 11) is 0. The van der Waals surface area contributed by atoms with Crippen molar-refractivity contribution in [3.8, 4) is 0 Å². The average molecular weight is 234 g/mol. The van der Waals surface area contributed by atoms with Gasteiger partial charge in [-0.15, -0.1) is 0 Å². The molecule has 0 spiro atoms. The Kier molecular flexibility index (Phi) is 3.74. The lowest BCUT2D eigenvalue weighted by atomic mass is 9.99. The lowest BCUT2D eigenvalue weighted by Crippen LogP contribution is -2.41. The highest BCUT2D eigenvalue weighted by molar-refractivity contribution is 5.81. The first-order chi connectivity index (χ1) is 8.16. The van der Waals surface area contributed by atoms with Gasteiger partial charge in [-0.1, -0.05) is 13.0 Å². The highest BCUT2D eigenvalue weighted by Crippen LogP contribution is 2.11. The monoisotopic (exact) mass is 234 g/mol. The predicted molar refractivity (Wildman–Crippen MR) is 65.9 cm³/mol. The van der Waals surface area contributed by atoms with Gasteiger partial charge in [-0.3, -0.25) is 9.59 Å². The summed E-state index contributed by atoms with van der Waals surface area (Å²) in [5.41, 5.74) is 0.0358. The van der Waals surface area contributed by atoms with E-state index in [1.165, 1.54) is 0 Å². The van der Waals surface area contributed by atoms with Gasteiger partial charge in [0, 0.05) is 50.8 Å². The average Bonchev–Trinajstić information content (AvgIpc) is 2.32. The molecule has 1 atom stereocenters. The van der Waals surface area contributed by atoms with E-state index in [9.17, 15) is 9.59 Å². The number of carbonyl (C=O) groups excluding carboxylic acids is 1. The minimum atomic E-state index is 0.0358. The second-order valence-electron chi connectivity index (χ2n) is 4.65. The van der Waals surface area contributed by atoms with E-state index in [-0.39, 0.29) is 11.5 Å². The van der Waals surface area contributed by atoms with E-state index < -0.39 is 0 Å². The second kappa shape index (κ2) is 5.27. The lowest BCUT2D eigenvalue weighted by molar-refractivity contribution is -0.125. The smallest absolute Gasteiger partial charge is 0.250 e. The van der Waals surface area contributed by atoms with Crippen LogP contribution in [0.25, 0.3) is 0 Å². The van der Waals surface area contributed by atoms with Gasteiger partial charge >= 0.3 is 0 Å².